The second kappa shape index (κ2) is 20.9. The van der Waals surface area contributed by atoms with Crippen LogP contribution in [-0.4, -0.2) is 102 Å². The fourth-order valence-electron chi connectivity index (χ4n) is 11.9. The van der Waals surface area contributed by atoms with E-state index in [0.717, 1.165) is 101 Å². The van der Waals surface area contributed by atoms with Gasteiger partial charge in [0.25, 0.3) is 21.6 Å². The number of nitrogens with zero attached hydrogens (tertiary/aromatic N) is 5. The molecule has 4 heterocycles. The molecule has 4 aromatic carbocycles. The number of carbonyl (C=O) groups is 1. The first-order valence-electron chi connectivity index (χ1n) is 26.0. The van der Waals surface area contributed by atoms with Crippen molar-refractivity contribution in [3.8, 4) is 11.5 Å². The molecule has 4 N–H and O–H groups in total. The number of aliphatic hydroxyl groups is 1. The van der Waals surface area contributed by atoms with Crippen LogP contribution in [0.1, 0.15) is 111 Å². The molecule has 1 unspecified atom stereocenters. The summed E-state index contributed by atoms with van der Waals surface area (Å²) in [7, 11) is -4.58. The normalized spacial score (nSPS) is 21.8. The van der Waals surface area contributed by atoms with E-state index in [1.165, 1.54) is 28.8 Å². The summed E-state index contributed by atoms with van der Waals surface area (Å²) in [6, 6.07) is 33.1. The quantitative estimate of drug-likeness (QED) is 0.0532. The van der Waals surface area contributed by atoms with Gasteiger partial charge in [-0.25, -0.2) is 18.1 Å². The Bertz CT molecular complexity index is 3050. The van der Waals surface area contributed by atoms with Crippen LogP contribution in [0.2, 0.25) is 0 Å². The van der Waals surface area contributed by atoms with Crippen molar-refractivity contribution in [1.82, 2.24) is 24.5 Å². The molecule has 0 radical (unpaired) electrons. The number of ether oxygens (including phenoxy) is 1. The van der Waals surface area contributed by atoms with Crippen LogP contribution in [0.25, 0.3) is 11.0 Å². The van der Waals surface area contributed by atoms with E-state index in [1.54, 1.807) is 30.6 Å². The Morgan fingerprint density at radius 3 is 2.44 bits per heavy atom. The Hall–Kier alpha value is -6.33. The molecule has 1 amide bonds. The number of benzene rings is 4. The number of carbonyl (C=O) groups excluding carboxylic acids is 1. The Balaban J connectivity index is 0.827. The van der Waals surface area contributed by atoms with E-state index in [-0.39, 0.29) is 28.3 Å². The first-order valence-corrected chi connectivity index (χ1v) is 27.5. The molecule has 15 nitrogen and oxygen atoms in total. The maximum absolute atomic E-state index is 14.1. The lowest BCUT2D eigenvalue weighted by Crippen LogP contribution is -2.60. The van der Waals surface area contributed by atoms with Crippen molar-refractivity contribution < 1.29 is 28.0 Å². The van der Waals surface area contributed by atoms with Gasteiger partial charge in [-0.1, -0.05) is 68.4 Å². The minimum atomic E-state index is -4.58. The van der Waals surface area contributed by atoms with Crippen molar-refractivity contribution in [2.75, 3.05) is 56.0 Å². The number of amides is 1. The molecule has 16 heteroatoms. The Morgan fingerprint density at radius 2 is 1.68 bits per heavy atom. The molecule has 2 saturated carbocycles. The van der Waals surface area contributed by atoms with Crippen molar-refractivity contribution in [1.29, 1.82) is 0 Å². The Morgan fingerprint density at radius 1 is 0.932 bits per heavy atom. The zero-order chi connectivity index (χ0) is 50.9. The second-order valence-corrected chi connectivity index (χ2v) is 23.4. The molecule has 4 aliphatic rings. The van der Waals surface area contributed by atoms with E-state index in [9.17, 15) is 28.4 Å². The third-order valence-electron chi connectivity index (χ3n) is 16.3. The number of nitrogens with one attached hydrogen (secondary N) is 3. The van der Waals surface area contributed by atoms with Gasteiger partial charge in [0.05, 0.1) is 27.2 Å². The zero-order valence-corrected chi connectivity index (χ0v) is 43.0. The topological polar surface area (TPSA) is 186 Å². The van der Waals surface area contributed by atoms with E-state index in [4.69, 9.17) is 4.74 Å². The minimum Gasteiger partial charge on any atom is -0.455 e. The Kier molecular flexibility index (Phi) is 14.4. The van der Waals surface area contributed by atoms with E-state index in [1.807, 2.05) is 19.1 Å². The van der Waals surface area contributed by atoms with Crippen LogP contribution in [-0.2, 0) is 16.4 Å². The smallest absolute Gasteiger partial charge is 0.293 e. The molecular weight excluding hydrogens is 941 g/mol. The lowest BCUT2D eigenvalue weighted by molar-refractivity contribution is -0.384. The van der Waals surface area contributed by atoms with Crippen LogP contribution >= 0.6 is 0 Å². The van der Waals surface area contributed by atoms with Crippen LogP contribution in [0.15, 0.2) is 120 Å². The number of piperazine rings is 1. The predicted octanol–water partition coefficient (Wildman–Crippen LogP) is 10.2. The van der Waals surface area contributed by atoms with Crippen molar-refractivity contribution in [3.05, 3.63) is 148 Å². The maximum Gasteiger partial charge on any atom is 0.293 e. The van der Waals surface area contributed by atoms with Crippen molar-refractivity contribution in [2.45, 2.75) is 107 Å². The highest BCUT2D eigenvalue weighted by molar-refractivity contribution is 7.90. The second-order valence-electron chi connectivity index (χ2n) is 21.7. The molecule has 384 valence electrons. The minimum absolute atomic E-state index is 0.0233. The van der Waals surface area contributed by atoms with Gasteiger partial charge in [0, 0.05) is 87.3 Å². The summed E-state index contributed by atoms with van der Waals surface area (Å²) >= 11 is 0. The summed E-state index contributed by atoms with van der Waals surface area (Å²) in [5.74, 6) is 0.208. The number of sulfonamides is 1. The number of hydrogen-bond donors (Lipinski definition) is 4. The maximum atomic E-state index is 14.1. The largest absolute Gasteiger partial charge is 0.455 e. The molecule has 2 saturated heterocycles. The molecule has 4 fully saturated rings. The standard InChI is InChI=1S/C57H68N8O7S/c1-39(2)47-11-7-8-12-48(47)52-38-62(26-20-40-9-5-4-6-10-40)29-30-64(52)44-34-57(35-44)23-27-63(28-24-57)43-13-15-49(53(32-43)72-45-31-42-19-25-58-54(42)60-37-45)55(66)61-73(70,71)46-14-16-50(51(33-46)65(68)69)59-36-41-17-21-56(3,67)22-18-41/h4-16,19,25,31-33,37,39,41,44,52,59,67H,17-18,20-24,26-30,34-36,38H2,1-3H3,(H,58,60)(H,61,66)/t41-,52?,56-. The van der Waals surface area contributed by atoms with Gasteiger partial charge in [0.2, 0.25) is 0 Å². The van der Waals surface area contributed by atoms with Gasteiger partial charge in [-0.05, 0) is 135 Å². The average molecular weight is 1010 g/mol. The summed E-state index contributed by atoms with van der Waals surface area (Å²) in [6.07, 6.45) is 11.6. The molecule has 6 aromatic rings. The Labute approximate surface area is 428 Å². The molecule has 1 atom stereocenters. The molecule has 73 heavy (non-hydrogen) atoms. The van der Waals surface area contributed by atoms with Gasteiger partial charge >= 0.3 is 0 Å². The van der Waals surface area contributed by atoms with Crippen LogP contribution in [0.4, 0.5) is 17.1 Å². The summed E-state index contributed by atoms with van der Waals surface area (Å²) < 4.78 is 36.2. The molecule has 0 bridgehead atoms. The number of aromatic amines is 1. The number of rotatable bonds is 16. The molecule has 2 aromatic heterocycles. The monoisotopic (exact) mass is 1010 g/mol. The number of pyridine rings is 1. The number of nitro groups is 1. The summed E-state index contributed by atoms with van der Waals surface area (Å²) in [5, 5.41) is 26.5. The first kappa shape index (κ1) is 50.2. The zero-order valence-electron chi connectivity index (χ0n) is 42.1. The van der Waals surface area contributed by atoms with Gasteiger partial charge in [-0.2, -0.15) is 0 Å². The van der Waals surface area contributed by atoms with E-state index >= 15 is 0 Å². The van der Waals surface area contributed by atoms with Crippen molar-refractivity contribution in [2.24, 2.45) is 11.3 Å². The van der Waals surface area contributed by atoms with E-state index in [2.05, 4.69) is 103 Å². The predicted molar refractivity (Wildman–Crippen MR) is 285 cm³/mol. The van der Waals surface area contributed by atoms with Gasteiger partial charge in [0.15, 0.2) is 0 Å². The van der Waals surface area contributed by atoms with Crippen LogP contribution < -0.4 is 19.7 Å². The SMILES string of the molecule is CC(C)c1ccccc1C1CN(CCc2ccccc2)CCN1C1CC2(CCN(c3ccc(C(=O)NS(=O)(=O)c4ccc(NC[C@H]5CC[C@](C)(O)CC5)c([N+](=O)[O-])c4)c(Oc4cnc5[nH]ccc5c4)c3)CC2)C1. The van der Waals surface area contributed by atoms with Crippen molar-refractivity contribution in [3.63, 3.8) is 0 Å². The average Bonchev–Trinajstić information content (AvgIpc) is 3.85. The number of anilines is 2. The summed E-state index contributed by atoms with van der Waals surface area (Å²) in [4.78, 5) is 40.6. The molecule has 10 rings (SSSR count). The number of aromatic nitrogens is 2. The highest BCUT2D eigenvalue weighted by atomic mass is 32.2. The van der Waals surface area contributed by atoms with E-state index in [0.29, 0.717) is 48.8 Å². The number of fused-ring (bicyclic) bond motifs is 1. The molecule has 2 aliphatic heterocycles. The fraction of sp³-hybridized carbons (Fsp3) is 0.439. The van der Waals surface area contributed by atoms with Crippen LogP contribution in [0.3, 0.4) is 0 Å². The molecule has 2 aliphatic carbocycles. The fourth-order valence-corrected chi connectivity index (χ4v) is 12.9. The summed E-state index contributed by atoms with van der Waals surface area (Å²) in [5.41, 5.74) is 5.06. The van der Waals surface area contributed by atoms with E-state index < -0.39 is 37.0 Å². The number of nitro benzene ring substituents is 1. The van der Waals surface area contributed by atoms with Crippen LogP contribution in [0, 0.1) is 21.4 Å². The van der Waals surface area contributed by atoms with Crippen molar-refractivity contribution >= 4 is 44.0 Å². The third kappa shape index (κ3) is 11.3. The van der Waals surface area contributed by atoms with Crippen LogP contribution in [0.5, 0.6) is 11.5 Å². The molecular formula is C57H68N8O7S. The lowest BCUT2D eigenvalue weighted by Gasteiger charge is -2.58. The lowest BCUT2D eigenvalue weighted by atomic mass is 9.59. The first-order chi connectivity index (χ1) is 35.1. The van der Waals surface area contributed by atoms with Gasteiger partial charge < -0.3 is 25.0 Å². The van der Waals surface area contributed by atoms with Gasteiger partial charge in [0.1, 0.15) is 22.8 Å². The van der Waals surface area contributed by atoms with Gasteiger partial charge in [-0.3, -0.25) is 24.7 Å². The number of hydrogen-bond acceptors (Lipinski definition) is 12. The summed E-state index contributed by atoms with van der Waals surface area (Å²) in [6.45, 7) is 12.7. The highest BCUT2D eigenvalue weighted by Gasteiger charge is 2.50. The third-order valence-corrected chi connectivity index (χ3v) is 17.6. The number of H-pyrrole nitrogens is 1. The highest BCUT2D eigenvalue weighted by Crippen LogP contribution is 2.53. The molecule has 1 spiro atoms. The number of piperidine rings is 1. The van der Waals surface area contributed by atoms with Gasteiger partial charge in [-0.15, -0.1) is 0 Å².